The molecule has 0 spiro atoms. The number of hydrogen-bond acceptors (Lipinski definition) is 2. The Labute approximate surface area is 134 Å². The van der Waals surface area contributed by atoms with E-state index >= 15 is 0 Å². The number of hydrogen-bond donors (Lipinski definition) is 1. The number of anilines is 1. The third kappa shape index (κ3) is 3.64. The Morgan fingerprint density at radius 3 is 2.52 bits per heavy atom. The lowest BCUT2D eigenvalue weighted by Gasteiger charge is -2.18. The van der Waals surface area contributed by atoms with Crippen LogP contribution in [0.15, 0.2) is 22.7 Å². The molecule has 1 N–H and O–H groups in total. The van der Waals surface area contributed by atoms with Gasteiger partial charge < -0.3 is 10.2 Å². The van der Waals surface area contributed by atoms with E-state index in [1.807, 2.05) is 39.0 Å². The minimum Gasteiger partial charge on any atom is -0.343 e. The summed E-state index contributed by atoms with van der Waals surface area (Å²) in [4.78, 5) is 26.2. The molecule has 2 atom stereocenters. The van der Waals surface area contributed by atoms with Gasteiger partial charge in [0.25, 0.3) is 0 Å². The van der Waals surface area contributed by atoms with Crippen LogP contribution in [0.2, 0.25) is 0 Å². The van der Waals surface area contributed by atoms with E-state index in [0.717, 1.165) is 15.7 Å². The molecule has 21 heavy (non-hydrogen) atoms. The summed E-state index contributed by atoms with van der Waals surface area (Å²) in [6.07, 6.45) is 0.657. The molecule has 1 aromatic rings. The fraction of sp³-hybridized carbons (Fsp3) is 0.500. The topological polar surface area (TPSA) is 49.4 Å². The van der Waals surface area contributed by atoms with Gasteiger partial charge in [-0.1, -0.05) is 6.07 Å². The van der Waals surface area contributed by atoms with E-state index in [1.54, 1.807) is 4.90 Å². The van der Waals surface area contributed by atoms with Gasteiger partial charge in [0.2, 0.25) is 11.8 Å². The first-order chi connectivity index (χ1) is 9.97. The van der Waals surface area contributed by atoms with Gasteiger partial charge >= 0.3 is 0 Å². The summed E-state index contributed by atoms with van der Waals surface area (Å²) < 4.78 is 0.864. The molecule has 0 saturated heterocycles. The predicted octanol–water partition coefficient (Wildman–Crippen LogP) is 3.20. The molecule has 0 radical (unpaired) electrons. The highest BCUT2D eigenvalue weighted by atomic mass is 79.9. The number of carbonyl (C=O) groups excluding carboxylic acids is 2. The molecule has 0 aliphatic heterocycles. The second-order valence-electron chi connectivity index (χ2n) is 5.43. The van der Waals surface area contributed by atoms with Crippen LogP contribution in [0.3, 0.4) is 0 Å². The lowest BCUT2D eigenvalue weighted by atomic mass is 10.2. The Balaban J connectivity index is 1.96. The fourth-order valence-corrected chi connectivity index (χ4v) is 3.07. The zero-order chi connectivity index (χ0) is 15.6. The predicted molar refractivity (Wildman–Crippen MR) is 87.0 cm³/mol. The number of halogens is 1. The molecule has 5 heteroatoms. The van der Waals surface area contributed by atoms with Crippen molar-refractivity contribution in [1.82, 2.24) is 4.90 Å². The van der Waals surface area contributed by atoms with Crippen LogP contribution in [0.4, 0.5) is 5.69 Å². The van der Waals surface area contributed by atoms with E-state index < -0.39 is 0 Å². The average molecular weight is 353 g/mol. The lowest BCUT2D eigenvalue weighted by Crippen LogP contribution is -2.33. The third-order valence-electron chi connectivity index (χ3n) is 3.90. The van der Waals surface area contributed by atoms with Crippen molar-refractivity contribution in [3.8, 4) is 0 Å². The first-order valence-electron chi connectivity index (χ1n) is 7.33. The molecule has 2 rings (SSSR count). The highest BCUT2D eigenvalue weighted by molar-refractivity contribution is 9.10. The van der Waals surface area contributed by atoms with Crippen LogP contribution in [0.1, 0.15) is 25.8 Å². The maximum absolute atomic E-state index is 12.2. The number of nitrogens with zero attached hydrogens (tertiary/aromatic N) is 1. The maximum atomic E-state index is 12.2. The summed E-state index contributed by atoms with van der Waals surface area (Å²) in [5.74, 6) is -0.298. The van der Waals surface area contributed by atoms with E-state index in [-0.39, 0.29) is 23.7 Å². The van der Waals surface area contributed by atoms with E-state index in [9.17, 15) is 9.59 Å². The molecule has 0 heterocycles. The van der Waals surface area contributed by atoms with Gasteiger partial charge in [-0.3, -0.25) is 9.59 Å². The first-order valence-corrected chi connectivity index (χ1v) is 8.13. The van der Waals surface area contributed by atoms with Gasteiger partial charge in [0, 0.05) is 17.6 Å². The highest BCUT2D eigenvalue weighted by Gasteiger charge is 2.49. The summed E-state index contributed by atoms with van der Waals surface area (Å²) in [6, 6.07) is 5.79. The van der Waals surface area contributed by atoms with Crippen LogP contribution in [0.5, 0.6) is 0 Å². The summed E-state index contributed by atoms with van der Waals surface area (Å²) in [6.45, 7) is 7.31. The van der Waals surface area contributed by atoms with E-state index in [2.05, 4.69) is 21.2 Å². The van der Waals surface area contributed by atoms with Crippen molar-refractivity contribution in [3.63, 3.8) is 0 Å². The quantitative estimate of drug-likeness (QED) is 0.884. The monoisotopic (exact) mass is 352 g/mol. The molecule has 114 valence electrons. The SMILES string of the molecule is CCN(CC)C(=O)C1CC1C(=O)Nc1ccc(C)cc1Br. The molecule has 1 aliphatic carbocycles. The summed E-state index contributed by atoms with van der Waals surface area (Å²) in [5.41, 5.74) is 1.88. The molecule has 1 fully saturated rings. The molecule has 1 saturated carbocycles. The van der Waals surface area contributed by atoms with Gasteiger partial charge in [0.1, 0.15) is 0 Å². The van der Waals surface area contributed by atoms with Crippen molar-refractivity contribution < 1.29 is 9.59 Å². The second-order valence-corrected chi connectivity index (χ2v) is 6.29. The molecule has 1 aromatic carbocycles. The Morgan fingerprint density at radius 2 is 1.95 bits per heavy atom. The number of amides is 2. The van der Waals surface area contributed by atoms with Gasteiger partial charge in [-0.2, -0.15) is 0 Å². The number of aryl methyl sites for hydroxylation is 1. The van der Waals surface area contributed by atoms with Crippen molar-refractivity contribution in [1.29, 1.82) is 0 Å². The molecule has 0 aromatic heterocycles. The zero-order valence-electron chi connectivity index (χ0n) is 12.6. The van der Waals surface area contributed by atoms with Gasteiger partial charge in [-0.25, -0.2) is 0 Å². The molecule has 2 unspecified atom stereocenters. The third-order valence-corrected chi connectivity index (χ3v) is 4.56. The normalized spacial score (nSPS) is 20.0. The van der Waals surface area contributed by atoms with Gasteiger partial charge in [0.05, 0.1) is 17.5 Å². The molecular weight excluding hydrogens is 332 g/mol. The average Bonchev–Trinajstić information content (AvgIpc) is 3.23. The van der Waals surface area contributed by atoms with Crippen molar-refractivity contribution >= 4 is 33.4 Å². The Morgan fingerprint density at radius 1 is 1.29 bits per heavy atom. The van der Waals surface area contributed by atoms with E-state index in [4.69, 9.17) is 0 Å². The lowest BCUT2D eigenvalue weighted by molar-refractivity contribution is -0.133. The fourth-order valence-electron chi connectivity index (χ4n) is 2.47. The molecule has 2 amide bonds. The van der Waals surface area contributed by atoms with Crippen LogP contribution in [-0.2, 0) is 9.59 Å². The summed E-state index contributed by atoms with van der Waals surface area (Å²) in [7, 11) is 0. The molecule has 4 nitrogen and oxygen atoms in total. The first kappa shape index (κ1) is 16.0. The van der Waals surface area contributed by atoms with Gasteiger partial charge in [0.15, 0.2) is 0 Å². The molecular formula is C16H21BrN2O2. The number of nitrogens with one attached hydrogen (secondary N) is 1. The van der Waals surface area contributed by atoms with Gasteiger partial charge in [-0.05, 0) is 60.8 Å². The van der Waals surface area contributed by atoms with E-state index in [1.165, 1.54) is 0 Å². The zero-order valence-corrected chi connectivity index (χ0v) is 14.2. The Hall–Kier alpha value is -1.36. The number of benzene rings is 1. The van der Waals surface area contributed by atoms with Crippen LogP contribution >= 0.6 is 15.9 Å². The minimum atomic E-state index is -0.189. The van der Waals surface area contributed by atoms with Crippen LogP contribution in [0, 0.1) is 18.8 Å². The summed E-state index contributed by atoms with van der Waals surface area (Å²) >= 11 is 3.44. The van der Waals surface area contributed by atoms with Gasteiger partial charge in [-0.15, -0.1) is 0 Å². The number of rotatable bonds is 5. The number of carbonyl (C=O) groups is 2. The smallest absolute Gasteiger partial charge is 0.228 e. The maximum Gasteiger partial charge on any atom is 0.228 e. The van der Waals surface area contributed by atoms with Crippen LogP contribution < -0.4 is 5.32 Å². The highest BCUT2D eigenvalue weighted by Crippen LogP contribution is 2.41. The summed E-state index contributed by atoms with van der Waals surface area (Å²) in [5, 5.41) is 2.90. The second kappa shape index (κ2) is 6.60. The van der Waals surface area contributed by atoms with Crippen molar-refractivity contribution in [3.05, 3.63) is 28.2 Å². The largest absolute Gasteiger partial charge is 0.343 e. The standard InChI is InChI=1S/C16H21BrN2O2/c1-4-19(5-2)16(21)12-9-11(12)15(20)18-14-7-6-10(3)8-13(14)17/h6-8,11-12H,4-5,9H2,1-3H3,(H,18,20). The van der Waals surface area contributed by atoms with Crippen molar-refractivity contribution in [2.24, 2.45) is 11.8 Å². The van der Waals surface area contributed by atoms with Crippen LogP contribution in [0.25, 0.3) is 0 Å². The van der Waals surface area contributed by atoms with Crippen LogP contribution in [-0.4, -0.2) is 29.8 Å². The Kier molecular flexibility index (Phi) is 5.04. The molecule has 0 bridgehead atoms. The Bertz CT molecular complexity index is 555. The minimum absolute atomic E-state index is 0.0648. The molecule has 1 aliphatic rings. The van der Waals surface area contributed by atoms with E-state index in [0.29, 0.717) is 19.5 Å². The van der Waals surface area contributed by atoms with Crippen molar-refractivity contribution in [2.45, 2.75) is 27.2 Å². The van der Waals surface area contributed by atoms with Crippen molar-refractivity contribution in [2.75, 3.05) is 18.4 Å².